The Labute approximate surface area is 190 Å². The summed E-state index contributed by atoms with van der Waals surface area (Å²) >= 11 is 1.52. The maximum atomic E-state index is 13.6. The first-order chi connectivity index (χ1) is 16.1. The highest BCUT2D eigenvalue weighted by Crippen LogP contribution is 2.41. The van der Waals surface area contributed by atoms with Crippen molar-refractivity contribution in [3.8, 4) is 11.6 Å². The number of fused-ring (bicyclic) bond motifs is 2. The fourth-order valence-corrected chi connectivity index (χ4v) is 5.15. The molecule has 0 spiro atoms. The van der Waals surface area contributed by atoms with E-state index in [1.807, 2.05) is 31.2 Å². The number of hydrogen-bond acceptors (Lipinski definition) is 8. The van der Waals surface area contributed by atoms with Gasteiger partial charge in [0.1, 0.15) is 22.6 Å². The van der Waals surface area contributed by atoms with Gasteiger partial charge in [0.15, 0.2) is 0 Å². The van der Waals surface area contributed by atoms with Crippen LogP contribution in [0.3, 0.4) is 0 Å². The van der Waals surface area contributed by atoms with Crippen molar-refractivity contribution in [2.24, 2.45) is 0 Å². The van der Waals surface area contributed by atoms with Gasteiger partial charge >= 0.3 is 11.8 Å². The smallest absolute Gasteiger partial charge is 0.312 e. The molecular formula is C22H16FN7O2S. The Morgan fingerprint density at radius 2 is 2.09 bits per heavy atom. The van der Waals surface area contributed by atoms with Gasteiger partial charge in [-0.1, -0.05) is 19.1 Å². The lowest BCUT2D eigenvalue weighted by Crippen LogP contribution is -2.42. The number of amides is 1. The summed E-state index contributed by atoms with van der Waals surface area (Å²) in [6, 6.07) is 9.99. The molecule has 1 aliphatic heterocycles. The van der Waals surface area contributed by atoms with Crippen molar-refractivity contribution < 1.29 is 13.6 Å². The Morgan fingerprint density at radius 3 is 2.91 bits per heavy atom. The highest BCUT2D eigenvalue weighted by Gasteiger charge is 2.41. The average Bonchev–Trinajstić information content (AvgIpc) is 3.58. The third-order valence-electron chi connectivity index (χ3n) is 5.59. The summed E-state index contributed by atoms with van der Waals surface area (Å²) in [4.78, 5) is 31.7. The standard InChI is InChI=1S/C22H16FN7O2S/c1-11-9-30(22(31)20-29-28-19(32-20)14-7-6-12(23)8-24-14)18(17-16(11)25-10-26-17)21-27-13-4-2-3-5-15(13)33-21/h2-8,10-11,18H,9H2,1H3,(H,25,26)/t11-,18-/m0/s1. The summed E-state index contributed by atoms with van der Waals surface area (Å²) in [5.74, 6) is -1.02. The fourth-order valence-electron chi connectivity index (χ4n) is 4.06. The van der Waals surface area contributed by atoms with E-state index in [-0.39, 0.29) is 23.4 Å². The van der Waals surface area contributed by atoms with Crippen LogP contribution in [0.2, 0.25) is 0 Å². The van der Waals surface area contributed by atoms with E-state index < -0.39 is 17.8 Å². The SMILES string of the molecule is C[C@H]1CN(C(=O)c2nnc(-c3ccc(F)cn3)o2)[C@H](c2nc3ccccc3s2)c2nc[nH]c21. The number of rotatable bonds is 3. The Hall–Kier alpha value is -3.99. The molecule has 0 fully saturated rings. The van der Waals surface area contributed by atoms with Gasteiger partial charge in [0.05, 0.1) is 28.4 Å². The van der Waals surface area contributed by atoms with Gasteiger partial charge in [0.2, 0.25) is 0 Å². The summed E-state index contributed by atoms with van der Waals surface area (Å²) in [6.07, 6.45) is 2.69. The fraction of sp³-hybridized carbons (Fsp3) is 0.182. The molecule has 0 saturated heterocycles. The van der Waals surface area contributed by atoms with E-state index in [4.69, 9.17) is 9.40 Å². The number of imidazole rings is 1. The van der Waals surface area contributed by atoms with E-state index in [0.717, 1.165) is 32.8 Å². The zero-order valence-corrected chi connectivity index (χ0v) is 18.1. The van der Waals surface area contributed by atoms with Crippen LogP contribution in [-0.2, 0) is 0 Å². The Morgan fingerprint density at radius 1 is 1.21 bits per heavy atom. The van der Waals surface area contributed by atoms with Crippen molar-refractivity contribution >= 4 is 27.5 Å². The Balaban J connectivity index is 1.41. The first kappa shape index (κ1) is 19.7. The van der Waals surface area contributed by atoms with Gasteiger partial charge in [0, 0.05) is 18.2 Å². The Kier molecular flexibility index (Phi) is 4.50. The second-order valence-electron chi connectivity index (χ2n) is 7.76. The van der Waals surface area contributed by atoms with Crippen LogP contribution in [-0.4, -0.2) is 47.5 Å². The minimum Gasteiger partial charge on any atom is -0.411 e. The van der Waals surface area contributed by atoms with Crippen molar-refractivity contribution in [1.82, 2.24) is 35.0 Å². The third-order valence-corrected chi connectivity index (χ3v) is 6.68. The second-order valence-corrected chi connectivity index (χ2v) is 8.82. The number of carbonyl (C=O) groups is 1. The largest absolute Gasteiger partial charge is 0.411 e. The molecular weight excluding hydrogens is 445 g/mol. The second kappa shape index (κ2) is 7.55. The third kappa shape index (κ3) is 3.28. The predicted molar refractivity (Wildman–Crippen MR) is 117 cm³/mol. The average molecular weight is 461 g/mol. The molecule has 1 aliphatic rings. The predicted octanol–water partition coefficient (Wildman–Crippen LogP) is 3.95. The molecule has 0 bridgehead atoms. The van der Waals surface area contributed by atoms with E-state index in [2.05, 4.69) is 25.1 Å². The summed E-state index contributed by atoms with van der Waals surface area (Å²) < 4.78 is 19.8. The highest BCUT2D eigenvalue weighted by atomic mass is 32.1. The molecule has 0 saturated carbocycles. The number of halogens is 1. The number of benzene rings is 1. The van der Waals surface area contributed by atoms with Crippen LogP contribution in [0.5, 0.6) is 0 Å². The van der Waals surface area contributed by atoms with Crippen molar-refractivity contribution in [2.75, 3.05) is 6.54 Å². The van der Waals surface area contributed by atoms with E-state index in [9.17, 15) is 9.18 Å². The van der Waals surface area contributed by atoms with Crippen LogP contribution in [0.1, 0.15) is 46.0 Å². The Bertz CT molecular complexity index is 1440. The van der Waals surface area contributed by atoms with Gasteiger partial charge in [-0.15, -0.1) is 21.5 Å². The topological polar surface area (TPSA) is 114 Å². The zero-order valence-electron chi connectivity index (χ0n) is 17.3. The number of hydrogen-bond donors (Lipinski definition) is 1. The van der Waals surface area contributed by atoms with Crippen LogP contribution in [0.4, 0.5) is 4.39 Å². The zero-order chi connectivity index (χ0) is 22.5. The molecule has 9 nitrogen and oxygen atoms in total. The monoisotopic (exact) mass is 461 g/mol. The minimum atomic E-state index is -0.494. The summed E-state index contributed by atoms with van der Waals surface area (Å²) in [5.41, 5.74) is 2.88. The summed E-state index contributed by atoms with van der Waals surface area (Å²) in [5, 5.41) is 8.63. The number of nitrogens with one attached hydrogen (secondary N) is 1. The molecule has 1 N–H and O–H groups in total. The van der Waals surface area contributed by atoms with Crippen LogP contribution < -0.4 is 0 Å². The summed E-state index contributed by atoms with van der Waals surface area (Å²) in [6.45, 7) is 2.44. The van der Waals surface area contributed by atoms with Gasteiger partial charge in [-0.25, -0.2) is 19.3 Å². The lowest BCUT2D eigenvalue weighted by molar-refractivity contribution is 0.0633. The molecule has 2 atom stereocenters. The molecule has 0 unspecified atom stereocenters. The molecule has 33 heavy (non-hydrogen) atoms. The molecule has 0 aliphatic carbocycles. The number of para-hydroxylation sites is 1. The molecule has 11 heteroatoms. The molecule has 1 aromatic carbocycles. The molecule has 1 amide bonds. The van der Waals surface area contributed by atoms with Gasteiger partial charge < -0.3 is 14.3 Å². The number of pyridine rings is 1. The number of nitrogens with zero attached hydrogens (tertiary/aromatic N) is 6. The first-order valence-electron chi connectivity index (χ1n) is 10.2. The van der Waals surface area contributed by atoms with Crippen LogP contribution in [0.15, 0.2) is 53.3 Å². The molecule has 164 valence electrons. The minimum absolute atomic E-state index is 0.0261. The number of thiazole rings is 1. The summed E-state index contributed by atoms with van der Waals surface area (Å²) in [7, 11) is 0. The maximum absolute atomic E-state index is 13.6. The van der Waals surface area contributed by atoms with Crippen molar-refractivity contribution in [1.29, 1.82) is 0 Å². The van der Waals surface area contributed by atoms with Gasteiger partial charge in [-0.2, -0.15) is 0 Å². The van der Waals surface area contributed by atoms with Crippen LogP contribution >= 0.6 is 11.3 Å². The van der Waals surface area contributed by atoms with E-state index in [1.54, 1.807) is 11.2 Å². The molecule has 0 radical (unpaired) electrons. The van der Waals surface area contributed by atoms with E-state index in [1.165, 1.54) is 23.5 Å². The molecule has 5 aromatic rings. The lowest BCUT2D eigenvalue weighted by Gasteiger charge is -2.35. The number of H-pyrrole nitrogens is 1. The van der Waals surface area contributed by atoms with Crippen LogP contribution in [0.25, 0.3) is 21.8 Å². The van der Waals surface area contributed by atoms with Crippen LogP contribution in [0, 0.1) is 5.82 Å². The lowest BCUT2D eigenvalue weighted by atomic mass is 9.95. The van der Waals surface area contributed by atoms with E-state index >= 15 is 0 Å². The van der Waals surface area contributed by atoms with Gasteiger partial charge in [0.25, 0.3) is 5.89 Å². The number of aromatic amines is 1. The van der Waals surface area contributed by atoms with E-state index in [0.29, 0.717) is 6.54 Å². The number of carbonyl (C=O) groups excluding carboxylic acids is 1. The normalized spacial score (nSPS) is 17.9. The quantitative estimate of drug-likeness (QED) is 0.433. The molecule has 4 aromatic heterocycles. The highest BCUT2D eigenvalue weighted by molar-refractivity contribution is 7.18. The molecule has 5 heterocycles. The molecule has 6 rings (SSSR count). The van der Waals surface area contributed by atoms with Crippen molar-refractivity contribution in [3.63, 3.8) is 0 Å². The maximum Gasteiger partial charge on any atom is 0.312 e. The van der Waals surface area contributed by atoms with Crippen molar-refractivity contribution in [2.45, 2.75) is 18.9 Å². The first-order valence-corrected chi connectivity index (χ1v) is 11.0. The van der Waals surface area contributed by atoms with Gasteiger partial charge in [-0.3, -0.25) is 4.79 Å². The number of aromatic nitrogens is 6. The van der Waals surface area contributed by atoms with Gasteiger partial charge in [-0.05, 0) is 24.3 Å². The van der Waals surface area contributed by atoms with Crippen molar-refractivity contribution in [3.05, 3.63) is 77.0 Å².